The average Bonchev–Trinajstić information content (AvgIpc) is 3.22. The average molecular weight is 322 g/mol. The van der Waals surface area contributed by atoms with Crippen LogP contribution in [-0.2, 0) is 0 Å². The van der Waals surface area contributed by atoms with E-state index in [0.717, 1.165) is 22.8 Å². The first kappa shape index (κ1) is 15.1. The number of hydrogen-bond donors (Lipinski definition) is 0. The predicted octanol–water partition coefficient (Wildman–Crippen LogP) is 4.78. The number of furan rings is 1. The monoisotopic (exact) mass is 322 g/mol. The Labute approximate surface area is 138 Å². The summed E-state index contributed by atoms with van der Waals surface area (Å²) in [5, 5.41) is 12.0. The Bertz CT molecular complexity index is 882. The van der Waals surface area contributed by atoms with Gasteiger partial charge in [0, 0.05) is 17.0 Å². The van der Waals surface area contributed by atoms with Crippen molar-refractivity contribution in [3.05, 3.63) is 58.3 Å². The Morgan fingerprint density at radius 2 is 2.04 bits per heavy atom. The largest absolute Gasteiger partial charge is 0.497 e. The number of thiazole rings is 1. The zero-order chi connectivity index (χ0) is 16.2. The Hall–Kier alpha value is -2.84. The molecule has 0 bridgehead atoms. The summed E-state index contributed by atoms with van der Waals surface area (Å²) in [6.45, 7) is 1.87. The summed E-state index contributed by atoms with van der Waals surface area (Å²) >= 11 is 1.44. The molecule has 5 heteroatoms. The van der Waals surface area contributed by atoms with Crippen molar-refractivity contribution >= 4 is 23.0 Å². The molecule has 0 saturated carbocycles. The van der Waals surface area contributed by atoms with Crippen LogP contribution in [0.15, 0.2) is 46.2 Å². The lowest BCUT2D eigenvalue weighted by molar-refractivity contribution is 0.415. The van der Waals surface area contributed by atoms with Gasteiger partial charge in [-0.15, -0.1) is 11.3 Å². The van der Waals surface area contributed by atoms with Crippen LogP contribution in [0.4, 0.5) is 0 Å². The lowest BCUT2D eigenvalue weighted by atomic mass is 10.1. The summed E-state index contributed by atoms with van der Waals surface area (Å²) in [7, 11) is 1.64. The molecule has 0 N–H and O–H groups in total. The van der Waals surface area contributed by atoms with E-state index in [1.165, 1.54) is 11.3 Å². The number of rotatable bonds is 4. The molecule has 3 rings (SSSR count). The SMILES string of the molecule is COc1ccc(-c2csc(/C(C#N)=C\c3ccc(C)o3)n2)cc1. The summed E-state index contributed by atoms with van der Waals surface area (Å²) in [4.78, 5) is 4.56. The molecule has 3 aromatic rings. The van der Waals surface area contributed by atoms with E-state index in [2.05, 4.69) is 11.1 Å². The standard InChI is InChI=1S/C18H14N2O2S/c1-12-3-6-16(22-12)9-14(10-19)18-20-17(11-23-18)13-4-7-15(21-2)8-5-13/h3-9,11H,1-2H3/b14-9-. The number of allylic oxidation sites excluding steroid dienone is 1. The molecular formula is C18H14N2O2S. The van der Waals surface area contributed by atoms with Crippen LogP contribution in [0.3, 0.4) is 0 Å². The second-order valence-electron chi connectivity index (χ2n) is 4.88. The van der Waals surface area contributed by atoms with Gasteiger partial charge in [-0.05, 0) is 43.3 Å². The van der Waals surface area contributed by atoms with Crippen LogP contribution in [0.2, 0.25) is 0 Å². The van der Waals surface area contributed by atoms with Gasteiger partial charge in [0.1, 0.15) is 28.3 Å². The van der Waals surface area contributed by atoms with Crippen LogP contribution in [0.1, 0.15) is 16.5 Å². The molecule has 0 aliphatic rings. The third-order valence-corrected chi connectivity index (χ3v) is 4.16. The third-order valence-electron chi connectivity index (χ3n) is 3.29. The van der Waals surface area contributed by atoms with E-state index in [0.29, 0.717) is 16.3 Å². The predicted molar refractivity (Wildman–Crippen MR) is 91.0 cm³/mol. The van der Waals surface area contributed by atoms with Crippen molar-refractivity contribution in [2.45, 2.75) is 6.92 Å². The molecule has 0 saturated heterocycles. The van der Waals surface area contributed by atoms with Crippen molar-refractivity contribution in [1.82, 2.24) is 4.98 Å². The molecule has 0 amide bonds. The topological polar surface area (TPSA) is 59.0 Å². The van der Waals surface area contributed by atoms with Gasteiger partial charge < -0.3 is 9.15 Å². The molecule has 0 unspecified atom stereocenters. The van der Waals surface area contributed by atoms with E-state index in [1.807, 2.05) is 48.7 Å². The summed E-state index contributed by atoms with van der Waals surface area (Å²) in [5.74, 6) is 2.27. The van der Waals surface area contributed by atoms with Crippen LogP contribution in [0.5, 0.6) is 5.75 Å². The lowest BCUT2D eigenvalue weighted by Crippen LogP contribution is -1.84. The number of hydrogen-bond acceptors (Lipinski definition) is 5. The Balaban J connectivity index is 1.90. The molecule has 2 aromatic heterocycles. The van der Waals surface area contributed by atoms with Crippen LogP contribution < -0.4 is 4.74 Å². The number of nitriles is 1. The summed E-state index contributed by atoms with van der Waals surface area (Å²) in [6, 6.07) is 13.6. The highest BCUT2D eigenvalue weighted by Crippen LogP contribution is 2.28. The van der Waals surface area contributed by atoms with E-state index < -0.39 is 0 Å². The maximum atomic E-state index is 9.39. The molecule has 0 radical (unpaired) electrons. The number of aromatic nitrogens is 1. The molecule has 114 valence electrons. The molecule has 2 heterocycles. The van der Waals surface area contributed by atoms with Crippen LogP contribution in [0, 0.1) is 18.3 Å². The van der Waals surface area contributed by atoms with Gasteiger partial charge in [-0.25, -0.2) is 4.98 Å². The second-order valence-corrected chi connectivity index (χ2v) is 5.74. The van der Waals surface area contributed by atoms with Crippen LogP contribution >= 0.6 is 11.3 Å². The second kappa shape index (κ2) is 6.51. The smallest absolute Gasteiger partial charge is 0.134 e. The normalized spacial score (nSPS) is 11.3. The van der Waals surface area contributed by atoms with Crippen LogP contribution in [-0.4, -0.2) is 12.1 Å². The Morgan fingerprint density at radius 1 is 1.26 bits per heavy atom. The van der Waals surface area contributed by atoms with Gasteiger partial charge in [-0.1, -0.05) is 0 Å². The lowest BCUT2D eigenvalue weighted by Gasteiger charge is -2.00. The van der Waals surface area contributed by atoms with E-state index in [9.17, 15) is 5.26 Å². The van der Waals surface area contributed by atoms with Crippen molar-refractivity contribution in [2.75, 3.05) is 7.11 Å². The molecule has 0 spiro atoms. The van der Waals surface area contributed by atoms with Crippen molar-refractivity contribution < 1.29 is 9.15 Å². The quantitative estimate of drug-likeness (QED) is 0.648. The minimum atomic E-state index is 0.490. The van der Waals surface area contributed by atoms with Crippen molar-refractivity contribution in [3.63, 3.8) is 0 Å². The highest BCUT2D eigenvalue weighted by atomic mass is 32.1. The zero-order valence-electron chi connectivity index (χ0n) is 12.7. The van der Waals surface area contributed by atoms with Crippen molar-refractivity contribution in [3.8, 4) is 23.1 Å². The van der Waals surface area contributed by atoms with E-state index in [-0.39, 0.29) is 0 Å². The summed E-state index contributed by atoms with van der Waals surface area (Å²) < 4.78 is 10.6. The highest BCUT2D eigenvalue weighted by molar-refractivity contribution is 7.11. The van der Waals surface area contributed by atoms with Gasteiger partial charge in [0.2, 0.25) is 0 Å². The fraction of sp³-hybridized carbons (Fsp3) is 0.111. The fourth-order valence-electron chi connectivity index (χ4n) is 2.11. The zero-order valence-corrected chi connectivity index (χ0v) is 13.6. The molecule has 1 aromatic carbocycles. The molecule has 0 atom stereocenters. The van der Waals surface area contributed by atoms with Crippen LogP contribution in [0.25, 0.3) is 22.9 Å². The van der Waals surface area contributed by atoms with Gasteiger partial charge in [0.15, 0.2) is 0 Å². The van der Waals surface area contributed by atoms with E-state index in [4.69, 9.17) is 9.15 Å². The number of ether oxygens (including phenoxy) is 1. The summed E-state index contributed by atoms with van der Waals surface area (Å²) in [6.07, 6.45) is 1.71. The Kier molecular flexibility index (Phi) is 4.26. The number of nitrogens with zero attached hydrogens (tertiary/aromatic N) is 2. The van der Waals surface area contributed by atoms with Gasteiger partial charge in [0.25, 0.3) is 0 Å². The number of aryl methyl sites for hydroxylation is 1. The highest BCUT2D eigenvalue weighted by Gasteiger charge is 2.10. The van der Waals surface area contributed by atoms with Crippen molar-refractivity contribution in [2.24, 2.45) is 0 Å². The number of benzene rings is 1. The first-order chi connectivity index (χ1) is 11.2. The van der Waals surface area contributed by atoms with E-state index >= 15 is 0 Å². The first-order valence-corrected chi connectivity index (χ1v) is 7.86. The first-order valence-electron chi connectivity index (χ1n) is 6.98. The van der Waals surface area contributed by atoms with Gasteiger partial charge in [0.05, 0.1) is 18.4 Å². The van der Waals surface area contributed by atoms with Gasteiger partial charge >= 0.3 is 0 Å². The van der Waals surface area contributed by atoms with Crippen molar-refractivity contribution in [1.29, 1.82) is 5.26 Å². The maximum absolute atomic E-state index is 9.39. The molecule has 0 aliphatic carbocycles. The van der Waals surface area contributed by atoms with Gasteiger partial charge in [-0.2, -0.15) is 5.26 Å². The van der Waals surface area contributed by atoms with Gasteiger partial charge in [-0.3, -0.25) is 0 Å². The third kappa shape index (κ3) is 3.33. The van der Waals surface area contributed by atoms with E-state index in [1.54, 1.807) is 13.2 Å². The Morgan fingerprint density at radius 3 is 2.65 bits per heavy atom. The maximum Gasteiger partial charge on any atom is 0.134 e. The molecular weight excluding hydrogens is 308 g/mol. The molecule has 0 fully saturated rings. The summed E-state index contributed by atoms with van der Waals surface area (Å²) in [5.41, 5.74) is 2.31. The minimum Gasteiger partial charge on any atom is -0.497 e. The fourth-order valence-corrected chi connectivity index (χ4v) is 2.90. The molecule has 0 aliphatic heterocycles. The minimum absolute atomic E-state index is 0.490. The molecule has 23 heavy (non-hydrogen) atoms. The molecule has 4 nitrogen and oxygen atoms in total. The number of methoxy groups -OCH3 is 1.